The molecule has 1 aliphatic carbocycles. The van der Waals surface area contributed by atoms with Gasteiger partial charge >= 0.3 is 5.69 Å². The number of rotatable bonds is 2. The Morgan fingerprint density at radius 2 is 2.33 bits per heavy atom. The molecule has 3 heteroatoms. The Morgan fingerprint density at radius 3 is 2.92 bits per heavy atom. The van der Waals surface area contributed by atoms with Crippen molar-refractivity contribution in [3.05, 3.63) is 22.9 Å². The van der Waals surface area contributed by atoms with E-state index < -0.39 is 0 Å². The Hall–Kier alpha value is -1.43. The summed E-state index contributed by atoms with van der Waals surface area (Å²) in [6.45, 7) is 0.374. The van der Waals surface area contributed by atoms with E-state index in [0.29, 0.717) is 12.6 Å². The average Bonchev–Trinajstić information content (AvgIpc) is 2.82. The smallest absolute Gasteiger partial charge is 0.296 e. The third-order valence-corrected chi connectivity index (χ3v) is 2.08. The summed E-state index contributed by atoms with van der Waals surface area (Å²) in [7, 11) is 0. The SMILES string of the molecule is C#CCn1ccn(C2CC2)c1=O. The number of hydrogen-bond donors (Lipinski definition) is 0. The number of imidazole rings is 1. The minimum atomic E-state index is 0.0236. The molecule has 2 rings (SSSR count). The molecule has 0 atom stereocenters. The number of hydrogen-bond acceptors (Lipinski definition) is 1. The lowest BCUT2D eigenvalue weighted by atomic mass is 10.6. The molecule has 1 aliphatic rings. The van der Waals surface area contributed by atoms with E-state index in [1.54, 1.807) is 15.3 Å². The minimum Gasteiger partial charge on any atom is -0.296 e. The molecule has 0 amide bonds. The second-order valence-corrected chi connectivity index (χ2v) is 3.05. The Kier molecular flexibility index (Phi) is 1.54. The summed E-state index contributed by atoms with van der Waals surface area (Å²) in [5.41, 5.74) is 0.0236. The lowest BCUT2D eigenvalue weighted by molar-refractivity contribution is 0.665. The summed E-state index contributed by atoms with van der Waals surface area (Å²) in [5.74, 6) is 2.45. The first-order chi connectivity index (χ1) is 5.83. The molecule has 62 valence electrons. The van der Waals surface area contributed by atoms with Crippen molar-refractivity contribution < 1.29 is 0 Å². The van der Waals surface area contributed by atoms with Gasteiger partial charge in [-0.3, -0.25) is 9.13 Å². The lowest BCUT2D eigenvalue weighted by Gasteiger charge is -1.94. The van der Waals surface area contributed by atoms with E-state index in [-0.39, 0.29) is 5.69 Å². The van der Waals surface area contributed by atoms with Crippen LogP contribution in [0.4, 0.5) is 0 Å². The molecule has 0 bridgehead atoms. The molecular formula is C9H10N2O. The molecule has 12 heavy (non-hydrogen) atoms. The number of terminal acetylenes is 1. The van der Waals surface area contributed by atoms with Crippen LogP contribution in [0.2, 0.25) is 0 Å². The molecule has 0 aromatic carbocycles. The van der Waals surface area contributed by atoms with Gasteiger partial charge in [0.25, 0.3) is 0 Å². The van der Waals surface area contributed by atoms with Crippen LogP contribution in [0.25, 0.3) is 0 Å². The second kappa shape index (κ2) is 2.56. The van der Waals surface area contributed by atoms with E-state index in [2.05, 4.69) is 5.92 Å². The monoisotopic (exact) mass is 162 g/mol. The van der Waals surface area contributed by atoms with Gasteiger partial charge in [-0.25, -0.2) is 4.79 Å². The Bertz CT molecular complexity index is 376. The highest BCUT2D eigenvalue weighted by Gasteiger charge is 2.25. The first-order valence-corrected chi connectivity index (χ1v) is 4.03. The fourth-order valence-corrected chi connectivity index (χ4v) is 1.28. The quantitative estimate of drug-likeness (QED) is 0.585. The van der Waals surface area contributed by atoms with Gasteiger partial charge in [0.1, 0.15) is 0 Å². The van der Waals surface area contributed by atoms with Crippen LogP contribution < -0.4 is 5.69 Å². The van der Waals surface area contributed by atoms with Crippen LogP contribution in [0.3, 0.4) is 0 Å². The topological polar surface area (TPSA) is 26.9 Å². The molecule has 0 aliphatic heterocycles. The van der Waals surface area contributed by atoms with Crippen LogP contribution >= 0.6 is 0 Å². The molecular weight excluding hydrogens is 152 g/mol. The van der Waals surface area contributed by atoms with E-state index in [0.717, 1.165) is 12.8 Å². The zero-order chi connectivity index (χ0) is 8.55. The van der Waals surface area contributed by atoms with Gasteiger partial charge in [-0.2, -0.15) is 0 Å². The highest BCUT2D eigenvalue weighted by Crippen LogP contribution is 2.33. The summed E-state index contributed by atoms with van der Waals surface area (Å²) >= 11 is 0. The summed E-state index contributed by atoms with van der Waals surface area (Å²) in [6, 6.07) is 0.441. The van der Waals surface area contributed by atoms with E-state index in [4.69, 9.17) is 6.42 Å². The van der Waals surface area contributed by atoms with Crippen LogP contribution in [-0.4, -0.2) is 9.13 Å². The molecule has 1 saturated carbocycles. The molecule has 0 saturated heterocycles. The van der Waals surface area contributed by atoms with Gasteiger partial charge < -0.3 is 0 Å². The Morgan fingerprint density at radius 1 is 1.58 bits per heavy atom. The average molecular weight is 162 g/mol. The van der Waals surface area contributed by atoms with Crippen LogP contribution in [-0.2, 0) is 6.54 Å². The van der Waals surface area contributed by atoms with Gasteiger partial charge in [-0.05, 0) is 12.8 Å². The van der Waals surface area contributed by atoms with Crippen molar-refractivity contribution >= 4 is 0 Å². The van der Waals surface area contributed by atoms with Crippen LogP contribution in [0.1, 0.15) is 18.9 Å². The van der Waals surface area contributed by atoms with Crippen molar-refractivity contribution in [2.75, 3.05) is 0 Å². The molecule has 0 radical (unpaired) electrons. The van der Waals surface area contributed by atoms with Crippen LogP contribution in [0.15, 0.2) is 17.2 Å². The molecule has 0 N–H and O–H groups in total. The van der Waals surface area contributed by atoms with Gasteiger partial charge in [-0.1, -0.05) is 5.92 Å². The summed E-state index contributed by atoms with van der Waals surface area (Å²) in [4.78, 5) is 11.5. The molecule has 0 spiro atoms. The van der Waals surface area contributed by atoms with Gasteiger partial charge in [0.15, 0.2) is 0 Å². The predicted molar refractivity (Wildman–Crippen MR) is 45.8 cm³/mol. The maximum absolute atomic E-state index is 11.5. The van der Waals surface area contributed by atoms with E-state index >= 15 is 0 Å². The summed E-state index contributed by atoms with van der Waals surface area (Å²) in [6.07, 6.45) is 10.9. The Balaban J connectivity index is 2.35. The third kappa shape index (κ3) is 1.06. The predicted octanol–water partition coefficient (Wildman–Crippen LogP) is 0.618. The largest absolute Gasteiger partial charge is 0.329 e. The van der Waals surface area contributed by atoms with E-state index in [9.17, 15) is 4.79 Å². The zero-order valence-corrected chi connectivity index (χ0v) is 6.73. The van der Waals surface area contributed by atoms with Crippen molar-refractivity contribution in [3.63, 3.8) is 0 Å². The van der Waals surface area contributed by atoms with Gasteiger partial charge in [-0.15, -0.1) is 6.42 Å². The number of nitrogens with zero attached hydrogens (tertiary/aromatic N) is 2. The van der Waals surface area contributed by atoms with Crippen molar-refractivity contribution in [3.8, 4) is 12.3 Å². The number of aromatic nitrogens is 2. The molecule has 1 aromatic rings. The van der Waals surface area contributed by atoms with Crippen molar-refractivity contribution in [1.29, 1.82) is 0 Å². The van der Waals surface area contributed by atoms with Crippen molar-refractivity contribution in [2.24, 2.45) is 0 Å². The van der Waals surface area contributed by atoms with Crippen LogP contribution in [0, 0.1) is 12.3 Å². The molecule has 3 nitrogen and oxygen atoms in total. The summed E-state index contributed by atoms with van der Waals surface area (Å²) in [5, 5.41) is 0. The molecule has 1 heterocycles. The maximum atomic E-state index is 11.5. The lowest BCUT2D eigenvalue weighted by Crippen LogP contribution is -2.22. The first kappa shape index (κ1) is 7.23. The minimum absolute atomic E-state index is 0.0236. The molecule has 1 aromatic heterocycles. The second-order valence-electron chi connectivity index (χ2n) is 3.05. The normalized spacial score (nSPS) is 15.9. The van der Waals surface area contributed by atoms with Gasteiger partial charge in [0.05, 0.1) is 6.54 Å². The fraction of sp³-hybridized carbons (Fsp3) is 0.444. The highest BCUT2D eigenvalue weighted by molar-refractivity contribution is 4.94. The van der Waals surface area contributed by atoms with Crippen LogP contribution in [0.5, 0.6) is 0 Å². The van der Waals surface area contributed by atoms with E-state index in [1.165, 1.54) is 0 Å². The molecule has 0 unspecified atom stereocenters. The molecule has 1 fully saturated rings. The van der Waals surface area contributed by atoms with E-state index in [1.807, 2.05) is 6.20 Å². The zero-order valence-electron chi connectivity index (χ0n) is 6.73. The van der Waals surface area contributed by atoms with Crippen molar-refractivity contribution in [1.82, 2.24) is 9.13 Å². The maximum Gasteiger partial charge on any atom is 0.329 e. The van der Waals surface area contributed by atoms with Crippen molar-refractivity contribution in [2.45, 2.75) is 25.4 Å². The first-order valence-electron chi connectivity index (χ1n) is 4.03. The summed E-state index contributed by atoms with van der Waals surface area (Å²) < 4.78 is 3.32. The standard InChI is InChI=1S/C9H10N2O/c1-2-5-10-6-7-11(9(10)12)8-3-4-8/h1,6-8H,3-5H2. The van der Waals surface area contributed by atoms with Gasteiger partial charge in [0, 0.05) is 18.4 Å². The van der Waals surface area contributed by atoms with Gasteiger partial charge in [0.2, 0.25) is 0 Å². The third-order valence-electron chi connectivity index (χ3n) is 2.08. The highest BCUT2D eigenvalue weighted by atomic mass is 16.1. The fourth-order valence-electron chi connectivity index (χ4n) is 1.28. The Labute approximate surface area is 70.6 Å².